The summed E-state index contributed by atoms with van der Waals surface area (Å²) in [6, 6.07) is 0.814. The van der Waals surface area contributed by atoms with Crippen LogP contribution in [0.15, 0.2) is 16.8 Å². The summed E-state index contributed by atoms with van der Waals surface area (Å²) in [6.45, 7) is 1.36. The minimum Gasteiger partial charge on any atom is -0.480 e. The van der Waals surface area contributed by atoms with Gasteiger partial charge in [0.2, 0.25) is 5.91 Å². The van der Waals surface area contributed by atoms with Crippen molar-refractivity contribution in [3.8, 4) is 0 Å². The van der Waals surface area contributed by atoms with E-state index in [-0.39, 0.29) is 24.2 Å². The molecule has 0 aromatic carbocycles. The average Bonchev–Trinajstić information content (AvgIpc) is 3.11. The Morgan fingerprint density at radius 2 is 2.25 bits per heavy atom. The molecular formula is C16H22N2O5S. The Kier molecular flexibility index (Phi) is 7.20. The van der Waals surface area contributed by atoms with Gasteiger partial charge < -0.3 is 20.5 Å². The number of carbonyl (C=O) groups excluding carboxylic acids is 2. The minimum atomic E-state index is -1.04. The molecule has 0 bridgehead atoms. The van der Waals surface area contributed by atoms with E-state index in [0.717, 1.165) is 12.8 Å². The molecule has 0 spiro atoms. The number of rotatable bonds is 8. The van der Waals surface area contributed by atoms with Crippen molar-refractivity contribution in [1.82, 2.24) is 10.6 Å². The molecule has 3 N–H and O–H groups in total. The van der Waals surface area contributed by atoms with Crippen molar-refractivity contribution in [2.75, 3.05) is 19.8 Å². The second-order valence-corrected chi connectivity index (χ2v) is 6.51. The average molecular weight is 354 g/mol. The van der Waals surface area contributed by atoms with Gasteiger partial charge in [-0.15, -0.1) is 0 Å². The van der Waals surface area contributed by atoms with E-state index in [0.29, 0.717) is 31.7 Å². The Morgan fingerprint density at radius 1 is 1.42 bits per heavy atom. The molecule has 24 heavy (non-hydrogen) atoms. The van der Waals surface area contributed by atoms with Crippen LogP contribution in [0.3, 0.4) is 0 Å². The van der Waals surface area contributed by atoms with E-state index in [1.807, 2.05) is 5.38 Å². The molecule has 0 radical (unpaired) electrons. The molecule has 1 fully saturated rings. The largest absolute Gasteiger partial charge is 0.480 e. The van der Waals surface area contributed by atoms with E-state index in [1.54, 1.807) is 11.4 Å². The van der Waals surface area contributed by atoms with Crippen LogP contribution < -0.4 is 10.6 Å². The summed E-state index contributed by atoms with van der Waals surface area (Å²) < 4.78 is 5.29. The van der Waals surface area contributed by atoms with Crippen molar-refractivity contribution in [3.05, 3.63) is 22.4 Å². The Balaban J connectivity index is 1.69. The van der Waals surface area contributed by atoms with Gasteiger partial charge in [-0.05, 0) is 30.7 Å². The molecule has 2 unspecified atom stereocenters. The van der Waals surface area contributed by atoms with Crippen LogP contribution in [0.5, 0.6) is 0 Å². The number of carboxylic acid groups (broad SMARTS) is 1. The van der Waals surface area contributed by atoms with E-state index in [4.69, 9.17) is 4.74 Å². The van der Waals surface area contributed by atoms with Gasteiger partial charge in [0, 0.05) is 36.4 Å². The molecule has 2 heterocycles. The number of hydrogen-bond donors (Lipinski definition) is 3. The summed E-state index contributed by atoms with van der Waals surface area (Å²) in [5.41, 5.74) is 0.604. The van der Waals surface area contributed by atoms with E-state index in [2.05, 4.69) is 10.6 Å². The summed E-state index contributed by atoms with van der Waals surface area (Å²) >= 11 is 1.44. The molecule has 8 heteroatoms. The van der Waals surface area contributed by atoms with Crippen LogP contribution in [0.25, 0.3) is 0 Å². The molecule has 1 saturated heterocycles. The van der Waals surface area contributed by atoms with Gasteiger partial charge >= 0.3 is 5.97 Å². The van der Waals surface area contributed by atoms with Crippen molar-refractivity contribution in [1.29, 1.82) is 0 Å². The second-order valence-electron chi connectivity index (χ2n) is 5.73. The monoisotopic (exact) mass is 354 g/mol. The first-order valence-corrected chi connectivity index (χ1v) is 8.92. The van der Waals surface area contributed by atoms with Crippen molar-refractivity contribution in [3.63, 3.8) is 0 Å². The number of thiophene rings is 1. The number of hydrogen-bond acceptors (Lipinski definition) is 5. The molecule has 1 aromatic heterocycles. The fourth-order valence-corrected chi connectivity index (χ4v) is 3.24. The van der Waals surface area contributed by atoms with Gasteiger partial charge in [0.15, 0.2) is 0 Å². The molecule has 1 aliphatic heterocycles. The summed E-state index contributed by atoms with van der Waals surface area (Å²) in [5, 5.41) is 18.2. The zero-order valence-electron chi connectivity index (χ0n) is 13.3. The third-order valence-corrected chi connectivity index (χ3v) is 4.58. The topological polar surface area (TPSA) is 105 Å². The molecule has 0 saturated carbocycles. The lowest BCUT2D eigenvalue weighted by atomic mass is 9.93. The molecule has 2 atom stereocenters. The number of ether oxygens (including phenoxy) is 1. The summed E-state index contributed by atoms with van der Waals surface area (Å²) in [7, 11) is 0. The maximum absolute atomic E-state index is 11.9. The lowest BCUT2D eigenvalue weighted by Gasteiger charge is -2.28. The van der Waals surface area contributed by atoms with Crippen LogP contribution in [0.2, 0.25) is 0 Å². The zero-order chi connectivity index (χ0) is 17.4. The number of carboxylic acids is 1. The number of nitrogens with one attached hydrogen (secondary N) is 2. The van der Waals surface area contributed by atoms with Gasteiger partial charge in [0.05, 0.1) is 6.61 Å². The number of aliphatic carboxylic acids is 1. The van der Waals surface area contributed by atoms with Gasteiger partial charge in [0.25, 0.3) is 5.91 Å². The summed E-state index contributed by atoms with van der Waals surface area (Å²) in [6.07, 6.45) is 2.16. The van der Waals surface area contributed by atoms with Gasteiger partial charge in [-0.1, -0.05) is 0 Å². The van der Waals surface area contributed by atoms with Crippen LogP contribution in [-0.2, 0) is 14.3 Å². The van der Waals surface area contributed by atoms with Gasteiger partial charge in [-0.2, -0.15) is 11.3 Å². The quantitative estimate of drug-likeness (QED) is 0.610. The highest BCUT2D eigenvalue weighted by Crippen LogP contribution is 2.18. The zero-order valence-corrected chi connectivity index (χ0v) is 14.1. The van der Waals surface area contributed by atoms with Gasteiger partial charge in [0.1, 0.15) is 6.04 Å². The summed E-state index contributed by atoms with van der Waals surface area (Å²) in [5.74, 6) is -1.72. The molecule has 7 nitrogen and oxygen atoms in total. The maximum atomic E-state index is 11.9. The third-order valence-electron chi connectivity index (χ3n) is 3.90. The highest BCUT2D eigenvalue weighted by molar-refractivity contribution is 7.08. The SMILES string of the molecule is O=C(CCCNC(=O)c1ccsc1)NC(C(=O)O)C1CCCOC1. The first-order chi connectivity index (χ1) is 11.6. The van der Waals surface area contributed by atoms with Gasteiger partial charge in [-0.25, -0.2) is 4.79 Å². The minimum absolute atomic E-state index is 0.167. The van der Waals surface area contributed by atoms with Crippen molar-refractivity contribution >= 4 is 29.1 Å². The van der Waals surface area contributed by atoms with E-state index in [9.17, 15) is 19.5 Å². The molecule has 1 aliphatic rings. The lowest BCUT2D eigenvalue weighted by molar-refractivity contribution is -0.145. The fraction of sp³-hybridized carbons (Fsp3) is 0.562. The van der Waals surface area contributed by atoms with Crippen LogP contribution in [0.4, 0.5) is 0 Å². The van der Waals surface area contributed by atoms with Crippen molar-refractivity contribution < 1.29 is 24.2 Å². The lowest BCUT2D eigenvalue weighted by Crippen LogP contribution is -2.48. The van der Waals surface area contributed by atoms with Gasteiger partial charge in [-0.3, -0.25) is 9.59 Å². The predicted octanol–water partition coefficient (Wildman–Crippen LogP) is 1.25. The van der Waals surface area contributed by atoms with Crippen molar-refractivity contribution in [2.24, 2.45) is 5.92 Å². The van der Waals surface area contributed by atoms with Crippen LogP contribution in [-0.4, -0.2) is 48.7 Å². The first-order valence-electron chi connectivity index (χ1n) is 7.98. The summed E-state index contributed by atoms with van der Waals surface area (Å²) in [4.78, 5) is 35.0. The first kappa shape index (κ1) is 18.4. The Hall–Kier alpha value is -1.93. The molecule has 2 rings (SSSR count). The normalized spacial score (nSPS) is 18.6. The Labute approximate surface area is 144 Å². The van der Waals surface area contributed by atoms with Crippen molar-refractivity contribution in [2.45, 2.75) is 31.7 Å². The number of carbonyl (C=O) groups is 3. The van der Waals surface area contributed by atoms with Crippen LogP contribution in [0.1, 0.15) is 36.0 Å². The Bertz CT molecular complexity index is 555. The van der Waals surface area contributed by atoms with Crippen LogP contribution in [0, 0.1) is 5.92 Å². The standard InChI is InChI=1S/C16H22N2O5S/c19-13(4-1-6-17-15(20)12-5-8-24-10-12)18-14(16(21)22)11-3-2-7-23-9-11/h5,8,10-11,14H,1-4,6-7,9H2,(H,17,20)(H,18,19)(H,21,22). The van der Waals surface area contributed by atoms with E-state index < -0.39 is 12.0 Å². The highest BCUT2D eigenvalue weighted by atomic mass is 32.1. The molecule has 1 aromatic rings. The highest BCUT2D eigenvalue weighted by Gasteiger charge is 2.31. The molecule has 0 aliphatic carbocycles. The Morgan fingerprint density at radius 3 is 2.88 bits per heavy atom. The smallest absolute Gasteiger partial charge is 0.326 e. The van der Waals surface area contributed by atoms with E-state index >= 15 is 0 Å². The third kappa shape index (κ3) is 5.61. The maximum Gasteiger partial charge on any atom is 0.326 e. The number of amides is 2. The van der Waals surface area contributed by atoms with E-state index in [1.165, 1.54) is 11.3 Å². The van der Waals surface area contributed by atoms with Crippen LogP contribution >= 0.6 is 11.3 Å². The molecular weight excluding hydrogens is 332 g/mol. The fourth-order valence-electron chi connectivity index (χ4n) is 2.60. The second kappa shape index (κ2) is 9.39. The molecule has 2 amide bonds. The molecule has 132 valence electrons. The predicted molar refractivity (Wildman–Crippen MR) is 89.0 cm³/mol.